The van der Waals surface area contributed by atoms with Gasteiger partial charge in [0.1, 0.15) is 12.4 Å². The molecule has 1 aliphatic heterocycles. The summed E-state index contributed by atoms with van der Waals surface area (Å²) in [6.07, 6.45) is 9.85. The van der Waals surface area contributed by atoms with Crippen LogP contribution in [0.4, 0.5) is 0 Å². The van der Waals surface area contributed by atoms with Crippen LogP contribution in [0.1, 0.15) is 58.3 Å². The second-order valence-electron chi connectivity index (χ2n) is 7.41. The molecule has 0 aromatic heterocycles. The van der Waals surface area contributed by atoms with Crippen LogP contribution in [0.5, 0.6) is 0 Å². The molecule has 7 nitrogen and oxygen atoms in total. The van der Waals surface area contributed by atoms with Gasteiger partial charge in [0.05, 0.1) is 13.2 Å². The summed E-state index contributed by atoms with van der Waals surface area (Å²) in [7, 11) is 1.38. The summed E-state index contributed by atoms with van der Waals surface area (Å²) in [5.74, 6) is -1.03. The number of hydrogen-bond donors (Lipinski definition) is 0. The molecule has 2 rings (SSSR count). The lowest BCUT2D eigenvalue weighted by Gasteiger charge is -2.27. The van der Waals surface area contributed by atoms with E-state index < -0.39 is 0 Å². The highest BCUT2D eigenvalue weighted by atomic mass is 16.7. The minimum absolute atomic E-state index is 0.119. The maximum atomic E-state index is 11.8. The molecular weight excluding hydrogens is 364 g/mol. The van der Waals surface area contributed by atoms with Gasteiger partial charge in [0.15, 0.2) is 6.29 Å². The van der Waals surface area contributed by atoms with Crippen molar-refractivity contribution in [2.24, 2.45) is 11.8 Å². The maximum absolute atomic E-state index is 11.8. The Morgan fingerprint density at radius 3 is 2.64 bits per heavy atom. The Balaban J connectivity index is 1.91. The summed E-state index contributed by atoms with van der Waals surface area (Å²) in [6, 6.07) is 0. The third-order valence-electron chi connectivity index (χ3n) is 5.36. The molecule has 1 saturated carbocycles. The van der Waals surface area contributed by atoms with Crippen molar-refractivity contribution in [1.82, 2.24) is 0 Å². The zero-order valence-electron chi connectivity index (χ0n) is 16.8. The number of esters is 2. The molecule has 0 aromatic carbocycles. The maximum Gasteiger partial charge on any atom is 0.305 e. The van der Waals surface area contributed by atoms with E-state index in [0.717, 1.165) is 32.0 Å². The Morgan fingerprint density at radius 2 is 2.00 bits per heavy atom. The van der Waals surface area contributed by atoms with Gasteiger partial charge in [0.25, 0.3) is 0 Å². The number of aldehydes is 1. The van der Waals surface area contributed by atoms with E-state index in [0.29, 0.717) is 32.3 Å². The zero-order chi connectivity index (χ0) is 20.4. The van der Waals surface area contributed by atoms with Crippen molar-refractivity contribution in [2.75, 3.05) is 13.7 Å². The second kappa shape index (κ2) is 12.0. The molecule has 1 saturated heterocycles. The molecule has 1 unspecified atom stereocenters. The smallest absolute Gasteiger partial charge is 0.305 e. The van der Waals surface area contributed by atoms with Crippen molar-refractivity contribution in [1.29, 1.82) is 0 Å². The lowest BCUT2D eigenvalue weighted by molar-refractivity contribution is -0.195. The fraction of sp³-hybridized carbons (Fsp3) is 0.762. The molecule has 7 heteroatoms. The van der Waals surface area contributed by atoms with Crippen LogP contribution in [-0.4, -0.2) is 50.4 Å². The first-order chi connectivity index (χ1) is 13.5. The van der Waals surface area contributed by atoms with Crippen LogP contribution in [0.3, 0.4) is 0 Å². The van der Waals surface area contributed by atoms with Crippen LogP contribution >= 0.6 is 0 Å². The van der Waals surface area contributed by atoms with Gasteiger partial charge in [-0.15, -0.1) is 0 Å². The highest BCUT2D eigenvalue weighted by molar-refractivity contribution is 5.69. The number of carbonyl (C=O) groups is 3. The van der Waals surface area contributed by atoms with Gasteiger partial charge in [0, 0.05) is 38.2 Å². The van der Waals surface area contributed by atoms with Gasteiger partial charge in [-0.05, 0) is 38.5 Å². The van der Waals surface area contributed by atoms with Crippen molar-refractivity contribution < 1.29 is 33.3 Å². The van der Waals surface area contributed by atoms with Gasteiger partial charge < -0.3 is 23.7 Å². The Kier molecular flexibility index (Phi) is 9.64. The van der Waals surface area contributed by atoms with E-state index in [9.17, 15) is 14.4 Å². The van der Waals surface area contributed by atoms with Gasteiger partial charge in [-0.25, -0.2) is 0 Å². The van der Waals surface area contributed by atoms with Gasteiger partial charge in [0.2, 0.25) is 0 Å². The number of hydrogen-bond acceptors (Lipinski definition) is 7. The number of carbonyl (C=O) groups excluding carboxylic acids is 3. The van der Waals surface area contributed by atoms with Crippen molar-refractivity contribution in [3.8, 4) is 0 Å². The average Bonchev–Trinajstić information content (AvgIpc) is 3.00. The molecule has 2 fully saturated rings. The molecule has 0 N–H and O–H groups in total. The van der Waals surface area contributed by atoms with Gasteiger partial charge in [-0.2, -0.15) is 0 Å². The second-order valence-corrected chi connectivity index (χ2v) is 7.41. The van der Waals surface area contributed by atoms with Gasteiger partial charge in [-0.3, -0.25) is 9.59 Å². The van der Waals surface area contributed by atoms with Crippen molar-refractivity contribution in [2.45, 2.75) is 76.8 Å². The summed E-state index contributed by atoms with van der Waals surface area (Å²) >= 11 is 0. The highest BCUT2D eigenvalue weighted by Crippen LogP contribution is 2.39. The largest absolute Gasteiger partial charge is 0.469 e. The molecule has 0 radical (unpaired) electrons. The van der Waals surface area contributed by atoms with E-state index in [1.807, 2.05) is 12.2 Å². The predicted octanol–water partition coefficient (Wildman–Crippen LogP) is 2.95. The quantitative estimate of drug-likeness (QED) is 0.243. The van der Waals surface area contributed by atoms with Crippen LogP contribution in [0.2, 0.25) is 0 Å². The zero-order valence-corrected chi connectivity index (χ0v) is 16.8. The van der Waals surface area contributed by atoms with Gasteiger partial charge in [-0.1, -0.05) is 12.2 Å². The first kappa shape index (κ1) is 22.6. The molecule has 1 aliphatic carbocycles. The number of allylic oxidation sites excluding steroid dienone is 2. The first-order valence-electron chi connectivity index (χ1n) is 10.2. The van der Waals surface area contributed by atoms with Gasteiger partial charge >= 0.3 is 11.9 Å². The summed E-state index contributed by atoms with van der Waals surface area (Å²) < 4.78 is 21.8. The molecule has 5 atom stereocenters. The van der Waals surface area contributed by atoms with E-state index in [1.54, 1.807) is 0 Å². The van der Waals surface area contributed by atoms with Crippen LogP contribution in [-0.2, 0) is 33.3 Å². The number of rotatable bonds is 10. The van der Waals surface area contributed by atoms with Crippen LogP contribution in [0.25, 0.3) is 0 Å². The molecule has 0 spiro atoms. The average molecular weight is 396 g/mol. The molecule has 158 valence electrons. The van der Waals surface area contributed by atoms with Crippen molar-refractivity contribution >= 4 is 18.2 Å². The lowest BCUT2D eigenvalue weighted by atomic mass is 9.91. The number of unbranched alkanes of at least 4 members (excludes halogenated alkanes) is 1. The summed E-state index contributed by atoms with van der Waals surface area (Å²) in [5, 5.41) is 0. The molecule has 0 aromatic rings. The normalized spacial score (nSPS) is 30.3. The van der Waals surface area contributed by atoms with Crippen molar-refractivity contribution in [3.63, 3.8) is 0 Å². The molecular formula is C21H32O7. The summed E-state index contributed by atoms with van der Waals surface area (Å²) in [5.41, 5.74) is 0. The monoisotopic (exact) mass is 396 g/mol. The fourth-order valence-corrected chi connectivity index (χ4v) is 3.93. The summed E-state index contributed by atoms with van der Waals surface area (Å²) in [4.78, 5) is 34.4. The Hall–Kier alpha value is -1.73. The molecule has 1 heterocycles. The van der Waals surface area contributed by atoms with Crippen LogP contribution in [0, 0.1) is 11.8 Å². The molecule has 2 aliphatic rings. The van der Waals surface area contributed by atoms with E-state index >= 15 is 0 Å². The Bertz CT molecular complexity index is 539. The Labute approximate surface area is 166 Å². The fourth-order valence-electron chi connectivity index (χ4n) is 3.93. The standard InChI is InChI=1S/C21H32O7/c1-15(23)27-18-13-19(28-21-11-7-8-12-26-21)17(14-22)16(18)9-5-3-4-6-10-20(24)25-2/h3,5,14,16-19,21H,4,6-13H2,1-2H3/t16-,17-,18-,19-,21?/m0/s1. The molecule has 28 heavy (non-hydrogen) atoms. The number of ether oxygens (including phenoxy) is 4. The van der Waals surface area contributed by atoms with E-state index in [-0.39, 0.29) is 42.3 Å². The third kappa shape index (κ3) is 7.02. The highest BCUT2D eigenvalue weighted by Gasteiger charge is 2.46. The van der Waals surface area contributed by atoms with E-state index in [2.05, 4.69) is 4.74 Å². The van der Waals surface area contributed by atoms with Crippen LogP contribution in [0.15, 0.2) is 12.2 Å². The first-order valence-corrected chi connectivity index (χ1v) is 10.2. The van der Waals surface area contributed by atoms with Crippen molar-refractivity contribution in [3.05, 3.63) is 12.2 Å². The van der Waals surface area contributed by atoms with Crippen LogP contribution < -0.4 is 0 Å². The number of methoxy groups -OCH3 is 1. The minimum Gasteiger partial charge on any atom is -0.469 e. The molecule has 0 amide bonds. The minimum atomic E-state index is -0.351. The van der Waals surface area contributed by atoms with E-state index in [1.165, 1.54) is 14.0 Å². The SMILES string of the molecule is COC(=O)CCCC=CC[C@H]1[C@H](C=O)[C@@H](OC2CCCCO2)C[C@@H]1OC(C)=O. The Morgan fingerprint density at radius 1 is 1.18 bits per heavy atom. The topological polar surface area (TPSA) is 88.1 Å². The van der Waals surface area contributed by atoms with E-state index in [4.69, 9.17) is 14.2 Å². The molecule has 0 bridgehead atoms. The predicted molar refractivity (Wildman–Crippen MR) is 101 cm³/mol. The summed E-state index contributed by atoms with van der Waals surface area (Å²) in [6.45, 7) is 2.06. The lowest BCUT2D eigenvalue weighted by Crippen LogP contribution is -2.32. The third-order valence-corrected chi connectivity index (χ3v) is 5.36.